The summed E-state index contributed by atoms with van der Waals surface area (Å²) in [5, 5.41) is 0.262. The first kappa shape index (κ1) is 14.5. The first-order valence-corrected chi connectivity index (χ1v) is 6.71. The van der Waals surface area contributed by atoms with Crippen LogP contribution >= 0.6 is 11.6 Å². The number of halogens is 2. The molecule has 0 radical (unpaired) electrons. The van der Waals surface area contributed by atoms with E-state index in [1.807, 2.05) is 0 Å². The van der Waals surface area contributed by atoms with Crippen LogP contribution in [0.25, 0.3) is 0 Å². The van der Waals surface area contributed by atoms with Gasteiger partial charge < -0.3 is 19.9 Å². The molecule has 114 valence electrons. The molecule has 0 spiro atoms. The van der Waals surface area contributed by atoms with Gasteiger partial charge in [-0.15, -0.1) is 0 Å². The fraction of sp³-hybridized carbons (Fsp3) is 0.133. The number of para-hydroxylation sites is 1. The zero-order valence-corrected chi connectivity index (χ0v) is 12.2. The van der Waals surface area contributed by atoms with Crippen LogP contribution in [0, 0.1) is 5.82 Å². The molecule has 2 aromatic carbocycles. The number of carbonyl (C=O) groups excluding carboxylic acids is 1. The molecule has 0 saturated carbocycles. The molecule has 0 aromatic heterocycles. The Hall–Kier alpha value is -2.47. The molecule has 3 rings (SSSR count). The van der Waals surface area contributed by atoms with E-state index in [0.717, 1.165) is 0 Å². The molecule has 1 heterocycles. The van der Waals surface area contributed by atoms with Gasteiger partial charge in [0.1, 0.15) is 5.82 Å². The van der Waals surface area contributed by atoms with Gasteiger partial charge in [-0.05, 0) is 30.3 Å². The molecule has 2 N–H and O–H groups in total. The lowest BCUT2D eigenvalue weighted by atomic mass is 10.1. The molecule has 1 atom stereocenters. The summed E-state index contributed by atoms with van der Waals surface area (Å²) in [7, 11) is 0. The number of rotatable bonds is 2. The Labute approximate surface area is 130 Å². The van der Waals surface area contributed by atoms with E-state index in [4.69, 9.17) is 31.5 Å². The van der Waals surface area contributed by atoms with E-state index in [1.165, 1.54) is 24.3 Å². The molecule has 7 heteroatoms. The van der Waals surface area contributed by atoms with E-state index in [2.05, 4.69) is 0 Å². The van der Waals surface area contributed by atoms with Crippen LogP contribution < -0.4 is 19.9 Å². The Kier molecular flexibility index (Phi) is 3.33. The largest absolute Gasteiger partial charge is 0.444 e. The van der Waals surface area contributed by atoms with Gasteiger partial charge in [-0.3, -0.25) is 0 Å². The number of amides is 1. The molecule has 5 nitrogen and oxygen atoms in total. The zero-order valence-electron chi connectivity index (χ0n) is 11.4. The second-order valence-corrected chi connectivity index (χ2v) is 5.21. The van der Waals surface area contributed by atoms with Gasteiger partial charge in [-0.25, -0.2) is 9.18 Å². The number of hydrogen-bond donors (Lipinski definition) is 1. The number of fused-ring (bicyclic) bond motifs is 1. The third-order valence-corrected chi connectivity index (χ3v) is 3.41. The number of nitrogens with two attached hydrogens (primary N) is 1. The molecule has 1 aliphatic heterocycles. The molecular weight excluding hydrogens is 313 g/mol. The van der Waals surface area contributed by atoms with Crippen LogP contribution in [0.4, 0.5) is 9.18 Å². The predicted octanol–water partition coefficient (Wildman–Crippen LogP) is 3.58. The van der Waals surface area contributed by atoms with Crippen molar-refractivity contribution in [1.82, 2.24) is 0 Å². The SMILES string of the molecule is CC1(c2ccc(Cl)cc2F)Oc2cccc(OC(N)=O)c2O1. The third-order valence-electron chi connectivity index (χ3n) is 3.18. The van der Waals surface area contributed by atoms with E-state index >= 15 is 0 Å². The average molecular weight is 324 g/mol. The van der Waals surface area contributed by atoms with Gasteiger partial charge in [0.2, 0.25) is 5.75 Å². The summed E-state index contributed by atoms with van der Waals surface area (Å²) in [6, 6.07) is 8.88. The molecule has 1 amide bonds. The Morgan fingerprint density at radius 3 is 2.77 bits per heavy atom. The first-order chi connectivity index (χ1) is 10.4. The molecule has 0 bridgehead atoms. The van der Waals surface area contributed by atoms with Gasteiger partial charge in [0, 0.05) is 11.9 Å². The van der Waals surface area contributed by atoms with Gasteiger partial charge in [-0.2, -0.15) is 0 Å². The Balaban J connectivity index is 2.01. The Morgan fingerprint density at radius 2 is 2.09 bits per heavy atom. The maximum absolute atomic E-state index is 14.1. The maximum Gasteiger partial charge on any atom is 0.410 e. The Bertz CT molecular complexity index is 767. The summed E-state index contributed by atoms with van der Waals surface area (Å²) >= 11 is 5.75. The predicted molar refractivity (Wildman–Crippen MR) is 76.7 cm³/mol. The fourth-order valence-electron chi connectivity index (χ4n) is 2.26. The lowest BCUT2D eigenvalue weighted by molar-refractivity contribution is -0.0713. The van der Waals surface area contributed by atoms with Gasteiger partial charge in [0.05, 0.1) is 5.56 Å². The summed E-state index contributed by atoms with van der Waals surface area (Å²) in [5.41, 5.74) is 5.17. The van der Waals surface area contributed by atoms with Crippen molar-refractivity contribution in [2.75, 3.05) is 0 Å². The van der Waals surface area contributed by atoms with Crippen molar-refractivity contribution in [3.8, 4) is 17.2 Å². The minimum Gasteiger partial charge on any atom is -0.444 e. The van der Waals surface area contributed by atoms with Crippen molar-refractivity contribution in [2.24, 2.45) is 5.73 Å². The minimum atomic E-state index is -1.41. The van der Waals surface area contributed by atoms with Crippen LogP contribution in [-0.4, -0.2) is 6.09 Å². The molecule has 1 unspecified atom stereocenters. The highest BCUT2D eigenvalue weighted by Crippen LogP contribution is 2.49. The van der Waals surface area contributed by atoms with E-state index in [9.17, 15) is 9.18 Å². The summed E-state index contributed by atoms with van der Waals surface area (Å²) in [6.45, 7) is 1.55. The van der Waals surface area contributed by atoms with Crippen molar-refractivity contribution in [3.05, 3.63) is 52.8 Å². The minimum absolute atomic E-state index is 0.100. The molecule has 1 aliphatic rings. The second-order valence-electron chi connectivity index (χ2n) is 4.78. The van der Waals surface area contributed by atoms with Crippen molar-refractivity contribution in [3.63, 3.8) is 0 Å². The summed E-state index contributed by atoms with van der Waals surface area (Å²) < 4.78 is 30.4. The third kappa shape index (κ3) is 2.42. The smallest absolute Gasteiger partial charge is 0.410 e. The lowest BCUT2D eigenvalue weighted by Gasteiger charge is -2.24. The lowest BCUT2D eigenvalue weighted by Crippen LogP contribution is -2.32. The molecule has 0 aliphatic carbocycles. The van der Waals surface area contributed by atoms with Gasteiger partial charge in [-0.1, -0.05) is 17.7 Å². The molecular formula is C15H11ClFNO4. The maximum atomic E-state index is 14.1. The van der Waals surface area contributed by atoms with Crippen LogP contribution in [0.15, 0.2) is 36.4 Å². The Morgan fingerprint density at radius 1 is 1.32 bits per heavy atom. The second kappa shape index (κ2) is 5.06. The van der Waals surface area contributed by atoms with Crippen molar-refractivity contribution in [2.45, 2.75) is 12.7 Å². The molecule has 22 heavy (non-hydrogen) atoms. The monoisotopic (exact) mass is 323 g/mol. The highest BCUT2D eigenvalue weighted by Gasteiger charge is 2.42. The number of ether oxygens (including phenoxy) is 3. The fourth-order valence-corrected chi connectivity index (χ4v) is 2.42. The topological polar surface area (TPSA) is 70.8 Å². The van der Waals surface area contributed by atoms with Gasteiger partial charge in [0.15, 0.2) is 11.5 Å². The van der Waals surface area contributed by atoms with Crippen LogP contribution in [-0.2, 0) is 5.79 Å². The van der Waals surface area contributed by atoms with Crippen LogP contribution in [0.1, 0.15) is 12.5 Å². The van der Waals surface area contributed by atoms with E-state index in [1.54, 1.807) is 19.1 Å². The molecule has 2 aromatic rings. The zero-order chi connectivity index (χ0) is 15.9. The van der Waals surface area contributed by atoms with E-state index in [-0.39, 0.29) is 22.1 Å². The first-order valence-electron chi connectivity index (χ1n) is 6.33. The summed E-state index contributed by atoms with van der Waals surface area (Å²) in [4.78, 5) is 10.9. The van der Waals surface area contributed by atoms with Crippen LogP contribution in [0.3, 0.4) is 0 Å². The highest BCUT2D eigenvalue weighted by atomic mass is 35.5. The number of carbonyl (C=O) groups is 1. The number of benzene rings is 2. The standard InChI is InChI=1S/C15H11ClFNO4/c1-15(9-6-5-8(16)7-10(9)17)21-12-4-2-3-11(13(12)22-15)20-14(18)19/h2-7H,1H3,(H2,18,19). The van der Waals surface area contributed by atoms with Gasteiger partial charge in [0.25, 0.3) is 5.79 Å². The molecule has 0 fully saturated rings. The van der Waals surface area contributed by atoms with Gasteiger partial charge >= 0.3 is 6.09 Å². The molecule has 0 saturated heterocycles. The van der Waals surface area contributed by atoms with Crippen molar-refractivity contribution in [1.29, 1.82) is 0 Å². The quantitative estimate of drug-likeness (QED) is 0.917. The number of primary amides is 1. The highest BCUT2D eigenvalue weighted by molar-refractivity contribution is 6.30. The average Bonchev–Trinajstić information content (AvgIpc) is 2.76. The van der Waals surface area contributed by atoms with Crippen molar-refractivity contribution >= 4 is 17.7 Å². The van der Waals surface area contributed by atoms with Crippen LogP contribution in [0.2, 0.25) is 5.02 Å². The van der Waals surface area contributed by atoms with Crippen LogP contribution in [0.5, 0.6) is 17.2 Å². The summed E-state index contributed by atoms with van der Waals surface area (Å²) in [6.07, 6.45) is -0.983. The normalized spacial score (nSPS) is 19.0. The van der Waals surface area contributed by atoms with Crippen molar-refractivity contribution < 1.29 is 23.4 Å². The number of hydrogen-bond acceptors (Lipinski definition) is 4. The summed E-state index contributed by atoms with van der Waals surface area (Å²) in [5.74, 6) is -1.38. The van der Waals surface area contributed by atoms with E-state index < -0.39 is 17.7 Å². The van der Waals surface area contributed by atoms with E-state index in [0.29, 0.717) is 5.75 Å².